The Balaban J connectivity index is 1.65. The van der Waals surface area contributed by atoms with Crippen molar-refractivity contribution in [2.24, 2.45) is 0 Å². The largest absolute Gasteiger partial charge is 0.457 e. The average Bonchev–Trinajstić information content (AvgIpc) is 2.63. The van der Waals surface area contributed by atoms with Gasteiger partial charge in [-0.2, -0.15) is 5.26 Å². The molecule has 0 radical (unpaired) electrons. The van der Waals surface area contributed by atoms with Gasteiger partial charge in [0.15, 0.2) is 0 Å². The Bertz CT molecular complexity index is 721. The van der Waals surface area contributed by atoms with Crippen molar-refractivity contribution in [1.82, 2.24) is 0 Å². The van der Waals surface area contributed by atoms with Gasteiger partial charge in [0, 0.05) is 4.47 Å². The number of ether oxygens (including phenoxy) is 4. The smallest absolute Gasteiger partial charge is 0.271 e. The van der Waals surface area contributed by atoms with E-state index < -0.39 is 6.48 Å². The molecule has 3 rings (SSSR count). The van der Waals surface area contributed by atoms with E-state index in [1.54, 1.807) is 24.3 Å². The highest BCUT2D eigenvalue weighted by atomic mass is 79.9. The van der Waals surface area contributed by atoms with Crippen LogP contribution in [-0.4, -0.2) is 19.7 Å². The molecular formula is C18H16BrNO4. The lowest BCUT2D eigenvalue weighted by atomic mass is 10.2. The van der Waals surface area contributed by atoms with Gasteiger partial charge in [0.2, 0.25) is 0 Å². The summed E-state index contributed by atoms with van der Waals surface area (Å²) < 4.78 is 23.1. The third kappa shape index (κ3) is 4.56. The maximum Gasteiger partial charge on any atom is 0.271 e. The maximum absolute atomic E-state index is 8.82. The van der Waals surface area contributed by atoms with Gasteiger partial charge in [-0.3, -0.25) is 0 Å². The van der Waals surface area contributed by atoms with Gasteiger partial charge in [-0.25, -0.2) is 0 Å². The molecule has 0 N–H and O–H groups in total. The molecular weight excluding hydrogens is 374 g/mol. The highest BCUT2D eigenvalue weighted by Crippen LogP contribution is 2.28. The normalized spacial score (nSPS) is 15.0. The van der Waals surface area contributed by atoms with E-state index in [0.29, 0.717) is 36.9 Å². The molecule has 2 aromatic carbocycles. The molecule has 1 heterocycles. The van der Waals surface area contributed by atoms with Crippen LogP contribution >= 0.6 is 15.9 Å². The number of benzene rings is 2. The minimum atomic E-state index is -0.617. The van der Waals surface area contributed by atoms with Crippen LogP contribution in [0.1, 0.15) is 17.5 Å². The van der Waals surface area contributed by atoms with Crippen LogP contribution < -0.4 is 4.74 Å². The number of nitrogens with zero attached hydrogens (tertiary/aromatic N) is 1. The summed E-state index contributed by atoms with van der Waals surface area (Å²) in [4.78, 5) is 0. The molecule has 0 saturated carbocycles. The summed E-state index contributed by atoms with van der Waals surface area (Å²) in [6, 6.07) is 14.7. The molecule has 0 aromatic heterocycles. The predicted octanol–water partition coefficient (Wildman–Crippen LogP) is 4.35. The third-order valence-corrected chi connectivity index (χ3v) is 4.18. The molecule has 0 atom stereocenters. The zero-order valence-electron chi connectivity index (χ0n) is 12.9. The Labute approximate surface area is 148 Å². The van der Waals surface area contributed by atoms with E-state index in [2.05, 4.69) is 22.0 Å². The monoisotopic (exact) mass is 389 g/mol. The Morgan fingerprint density at radius 1 is 1.08 bits per heavy atom. The second-order valence-corrected chi connectivity index (χ2v) is 6.04. The van der Waals surface area contributed by atoms with Crippen molar-refractivity contribution in [3.05, 3.63) is 58.1 Å². The van der Waals surface area contributed by atoms with Crippen LogP contribution in [-0.2, 0) is 20.8 Å². The van der Waals surface area contributed by atoms with E-state index in [9.17, 15) is 0 Å². The third-order valence-electron chi connectivity index (χ3n) is 3.41. The topological polar surface area (TPSA) is 60.7 Å². The minimum absolute atomic E-state index is 0.343. The molecule has 0 amide bonds. The van der Waals surface area contributed by atoms with E-state index in [1.165, 1.54) is 0 Å². The summed E-state index contributed by atoms with van der Waals surface area (Å²) >= 11 is 3.51. The van der Waals surface area contributed by atoms with Crippen LogP contribution in [0.15, 0.2) is 46.9 Å². The van der Waals surface area contributed by atoms with Crippen LogP contribution in [0.2, 0.25) is 0 Å². The molecule has 124 valence electrons. The average molecular weight is 390 g/mol. The van der Waals surface area contributed by atoms with Crippen LogP contribution in [0.4, 0.5) is 0 Å². The minimum Gasteiger partial charge on any atom is -0.457 e. The van der Waals surface area contributed by atoms with E-state index in [0.717, 1.165) is 16.5 Å². The second kappa shape index (κ2) is 8.27. The zero-order valence-corrected chi connectivity index (χ0v) is 14.5. The van der Waals surface area contributed by atoms with Gasteiger partial charge in [0.05, 0.1) is 31.5 Å². The summed E-state index contributed by atoms with van der Waals surface area (Å²) in [5.41, 5.74) is 1.53. The fourth-order valence-corrected chi connectivity index (χ4v) is 2.54. The Hall–Kier alpha value is -1.91. The van der Waals surface area contributed by atoms with Crippen molar-refractivity contribution < 1.29 is 18.9 Å². The predicted molar refractivity (Wildman–Crippen MR) is 90.5 cm³/mol. The van der Waals surface area contributed by atoms with Crippen LogP contribution in [0.3, 0.4) is 0 Å². The van der Waals surface area contributed by atoms with Crippen molar-refractivity contribution in [3.63, 3.8) is 0 Å². The summed E-state index contributed by atoms with van der Waals surface area (Å²) in [7, 11) is 0. The summed E-state index contributed by atoms with van der Waals surface area (Å²) in [6.45, 7) is 1.02. The number of hydrogen-bond acceptors (Lipinski definition) is 5. The van der Waals surface area contributed by atoms with Gasteiger partial charge in [-0.15, -0.1) is 0 Å². The lowest BCUT2D eigenvalue weighted by molar-refractivity contribution is -0.314. The molecule has 1 aliphatic heterocycles. The van der Waals surface area contributed by atoms with Gasteiger partial charge >= 0.3 is 0 Å². The van der Waals surface area contributed by atoms with Crippen molar-refractivity contribution in [2.75, 3.05) is 13.2 Å². The fourth-order valence-electron chi connectivity index (χ4n) is 2.18. The molecule has 0 aliphatic carbocycles. The second-order valence-electron chi connectivity index (χ2n) is 5.19. The van der Waals surface area contributed by atoms with Gasteiger partial charge in [0.25, 0.3) is 6.48 Å². The first-order valence-corrected chi connectivity index (χ1v) is 8.35. The van der Waals surface area contributed by atoms with Gasteiger partial charge in [-0.1, -0.05) is 15.9 Å². The Kier molecular flexibility index (Phi) is 5.83. The van der Waals surface area contributed by atoms with Crippen LogP contribution in [0, 0.1) is 11.3 Å². The molecule has 2 aromatic rings. The van der Waals surface area contributed by atoms with E-state index in [-0.39, 0.29) is 0 Å². The van der Waals surface area contributed by atoms with E-state index in [4.69, 9.17) is 24.2 Å². The van der Waals surface area contributed by atoms with Crippen molar-refractivity contribution in [2.45, 2.75) is 19.5 Å². The van der Waals surface area contributed by atoms with Crippen LogP contribution in [0.5, 0.6) is 11.5 Å². The van der Waals surface area contributed by atoms with E-state index in [1.807, 2.05) is 18.2 Å². The molecule has 1 aliphatic rings. The van der Waals surface area contributed by atoms with Crippen molar-refractivity contribution in [1.29, 1.82) is 5.26 Å². The van der Waals surface area contributed by atoms with Crippen molar-refractivity contribution >= 4 is 15.9 Å². The molecule has 6 heteroatoms. The Morgan fingerprint density at radius 2 is 1.79 bits per heavy atom. The molecule has 0 unspecified atom stereocenters. The maximum atomic E-state index is 8.82. The standard InChI is InChI=1S/C18H16BrNO4/c19-17-7-6-16(24-15-4-2-13(11-20)3-5-15)10-14(17)12-23-18-21-8-1-9-22-18/h2-7,10,18H,1,8-9,12H2. The highest BCUT2D eigenvalue weighted by molar-refractivity contribution is 9.10. The quantitative estimate of drug-likeness (QED) is 0.760. The fraction of sp³-hybridized carbons (Fsp3) is 0.278. The lowest BCUT2D eigenvalue weighted by Crippen LogP contribution is -2.27. The van der Waals surface area contributed by atoms with Gasteiger partial charge in [-0.05, 0) is 54.4 Å². The molecule has 24 heavy (non-hydrogen) atoms. The lowest BCUT2D eigenvalue weighted by Gasteiger charge is -2.23. The summed E-state index contributed by atoms with van der Waals surface area (Å²) in [6.07, 6.45) is 0.886. The molecule has 1 fully saturated rings. The number of hydrogen-bond donors (Lipinski definition) is 0. The highest BCUT2D eigenvalue weighted by Gasteiger charge is 2.15. The van der Waals surface area contributed by atoms with Crippen molar-refractivity contribution in [3.8, 4) is 17.6 Å². The number of halogens is 1. The first-order valence-electron chi connectivity index (χ1n) is 7.56. The molecule has 5 nitrogen and oxygen atoms in total. The summed E-state index contributed by atoms with van der Waals surface area (Å²) in [5.74, 6) is 1.36. The first kappa shape index (κ1) is 16.9. The van der Waals surface area contributed by atoms with Gasteiger partial charge in [0.1, 0.15) is 11.5 Å². The van der Waals surface area contributed by atoms with Crippen LogP contribution in [0.25, 0.3) is 0 Å². The first-order chi connectivity index (χ1) is 11.7. The summed E-state index contributed by atoms with van der Waals surface area (Å²) in [5, 5.41) is 8.82. The molecule has 1 saturated heterocycles. The molecule has 0 spiro atoms. The number of rotatable bonds is 5. The number of nitriles is 1. The van der Waals surface area contributed by atoms with Gasteiger partial charge < -0.3 is 18.9 Å². The Morgan fingerprint density at radius 3 is 2.50 bits per heavy atom. The van der Waals surface area contributed by atoms with E-state index >= 15 is 0 Å². The SMILES string of the molecule is N#Cc1ccc(Oc2ccc(Br)c(COC3OCCCO3)c2)cc1. The molecule has 0 bridgehead atoms. The zero-order chi connectivity index (χ0) is 16.8.